The smallest absolute Gasteiger partial charge is 0.231 e. The first kappa shape index (κ1) is 17.7. The Labute approximate surface area is 169 Å². The topological polar surface area (TPSA) is 51.7 Å². The fourth-order valence-corrected chi connectivity index (χ4v) is 3.93. The number of aromatic nitrogens is 1. The van der Waals surface area contributed by atoms with Crippen LogP contribution in [0.4, 0.5) is 0 Å². The van der Waals surface area contributed by atoms with E-state index in [2.05, 4.69) is 17.1 Å². The lowest BCUT2D eigenvalue weighted by Gasteiger charge is -2.23. The molecule has 0 spiro atoms. The third-order valence-corrected chi connectivity index (χ3v) is 5.54. The summed E-state index contributed by atoms with van der Waals surface area (Å²) in [6, 6.07) is 22.0. The number of fused-ring (bicyclic) bond motifs is 1. The van der Waals surface area contributed by atoms with Crippen molar-refractivity contribution in [1.82, 2.24) is 9.88 Å². The number of pyridine rings is 1. The van der Waals surface area contributed by atoms with Crippen LogP contribution in [0.2, 0.25) is 0 Å². The summed E-state index contributed by atoms with van der Waals surface area (Å²) in [6.07, 6.45) is 2.67. The second-order valence-electron chi connectivity index (χ2n) is 7.56. The Hall–Kier alpha value is -3.34. The van der Waals surface area contributed by atoms with E-state index in [-0.39, 0.29) is 18.6 Å². The zero-order valence-electron chi connectivity index (χ0n) is 16.0. The van der Waals surface area contributed by atoms with Crippen LogP contribution in [-0.2, 0) is 17.9 Å². The summed E-state index contributed by atoms with van der Waals surface area (Å²) in [5, 5.41) is 0. The highest BCUT2D eigenvalue weighted by molar-refractivity contribution is 5.83. The van der Waals surface area contributed by atoms with Crippen molar-refractivity contribution in [2.24, 2.45) is 5.92 Å². The molecule has 1 aromatic heterocycles. The van der Waals surface area contributed by atoms with Crippen molar-refractivity contribution in [2.75, 3.05) is 6.79 Å². The highest BCUT2D eigenvalue weighted by atomic mass is 16.7. The van der Waals surface area contributed by atoms with Gasteiger partial charge in [0, 0.05) is 18.7 Å². The first-order valence-corrected chi connectivity index (χ1v) is 9.90. The van der Waals surface area contributed by atoms with E-state index in [1.165, 1.54) is 5.56 Å². The Bertz CT molecular complexity index is 1010. The Morgan fingerprint density at radius 1 is 0.966 bits per heavy atom. The minimum Gasteiger partial charge on any atom is -0.454 e. The summed E-state index contributed by atoms with van der Waals surface area (Å²) in [5.41, 5.74) is 3.15. The number of nitrogens with zero attached hydrogens (tertiary/aromatic N) is 2. The van der Waals surface area contributed by atoms with Crippen LogP contribution in [0.3, 0.4) is 0 Å². The second-order valence-corrected chi connectivity index (χ2v) is 7.56. The predicted molar refractivity (Wildman–Crippen MR) is 108 cm³/mol. The monoisotopic (exact) mass is 386 g/mol. The number of benzene rings is 2. The number of carbonyl (C=O) groups excluding carboxylic acids is 1. The van der Waals surface area contributed by atoms with E-state index in [9.17, 15) is 4.79 Å². The molecule has 2 aromatic carbocycles. The third-order valence-electron chi connectivity index (χ3n) is 5.54. The lowest BCUT2D eigenvalue weighted by molar-refractivity contribution is -0.134. The molecule has 5 nitrogen and oxygen atoms in total. The summed E-state index contributed by atoms with van der Waals surface area (Å²) in [7, 11) is 0. The molecule has 2 heterocycles. The van der Waals surface area contributed by atoms with Crippen molar-refractivity contribution < 1.29 is 14.3 Å². The first-order chi connectivity index (χ1) is 14.3. The van der Waals surface area contributed by atoms with Crippen molar-refractivity contribution in [1.29, 1.82) is 0 Å². The van der Waals surface area contributed by atoms with Gasteiger partial charge in [-0.25, -0.2) is 0 Å². The van der Waals surface area contributed by atoms with Crippen LogP contribution in [0.5, 0.6) is 11.5 Å². The van der Waals surface area contributed by atoms with Gasteiger partial charge in [0.1, 0.15) is 0 Å². The Kier molecular flexibility index (Phi) is 4.64. The number of amides is 1. The number of hydrogen-bond donors (Lipinski definition) is 0. The van der Waals surface area contributed by atoms with Crippen molar-refractivity contribution >= 4 is 5.91 Å². The summed E-state index contributed by atoms with van der Waals surface area (Å²) in [4.78, 5) is 19.7. The normalized spacial score (nSPS) is 19.0. The minimum absolute atomic E-state index is 0.0372. The van der Waals surface area contributed by atoms with E-state index >= 15 is 0 Å². The van der Waals surface area contributed by atoms with Crippen molar-refractivity contribution in [3.05, 3.63) is 89.7 Å². The fourth-order valence-electron chi connectivity index (χ4n) is 3.93. The molecule has 5 heteroatoms. The molecule has 146 valence electrons. The molecule has 3 aromatic rings. The molecule has 1 saturated carbocycles. The molecule has 0 bridgehead atoms. The van der Waals surface area contributed by atoms with Crippen LogP contribution < -0.4 is 9.47 Å². The van der Waals surface area contributed by atoms with Crippen molar-refractivity contribution in [3.8, 4) is 11.5 Å². The van der Waals surface area contributed by atoms with Gasteiger partial charge in [-0.15, -0.1) is 0 Å². The van der Waals surface area contributed by atoms with Gasteiger partial charge in [-0.3, -0.25) is 9.78 Å². The van der Waals surface area contributed by atoms with Crippen LogP contribution in [0.25, 0.3) is 0 Å². The van der Waals surface area contributed by atoms with Crippen LogP contribution >= 0.6 is 0 Å². The first-order valence-electron chi connectivity index (χ1n) is 9.90. The Morgan fingerprint density at radius 3 is 2.62 bits per heavy atom. The number of rotatable bonds is 6. The molecule has 0 saturated heterocycles. The largest absolute Gasteiger partial charge is 0.454 e. The Balaban J connectivity index is 1.36. The molecule has 0 radical (unpaired) electrons. The average molecular weight is 386 g/mol. The quantitative estimate of drug-likeness (QED) is 0.639. The second kappa shape index (κ2) is 7.59. The summed E-state index contributed by atoms with van der Waals surface area (Å²) in [5.74, 6) is 2.02. The predicted octanol–water partition coefficient (Wildman–Crippen LogP) is 4.14. The number of carbonyl (C=O) groups is 1. The minimum atomic E-state index is 0.0372. The van der Waals surface area contributed by atoms with E-state index in [0.717, 1.165) is 29.2 Å². The molecule has 1 aliphatic carbocycles. The van der Waals surface area contributed by atoms with E-state index in [1.54, 1.807) is 6.20 Å². The van der Waals surface area contributed by atoms with E-state index < -0.39 is 0 Å². The standard InChI is InChI=1S/C24H22N2O3/c27-24(21-13-20(21)18-6-2-1-3-7-18)26(15-19-8-4-5-11-25-19)14-17-9-10-22-23(12-17)29-16-28-22/h1-12,20-21H,13-16H2/t20-,21-/m0/s1. The highest BCUT2D eigenvalue weighted by Crippen LogP contribution is 2.48. The maximum absolute atomic E-state index is 13.4. The lowest BCUT2D eigenvalue weighted by atomic mass is 10.1. The van der Waals surface area contributed by atoms with Crippen LogP contribution in [0.1, 0.15) is 29.2 Å². The number of hydrogen-bond acceptors (Lipinski definition) is 4. The summed E-state index contributed by atoms with van der Waals surface area (Å²) in [6.45, 7) is 1.26. The SMILES string of the molecule is O=C([C@H]1C[C@H]1c1ccccc1)N(Cc1ccc2c(c1)OCO2)Cc1ccccn1. The Morgan fingerprint density at radius 2 is 1.79 bits per heavy atom. The molecular formula is C24H22N2O3. The summed E-state index contributed by atoms with van der Waals surface area (Å²) >= 11 is 0. The molecule has 1 amide bonds. The lowest BCUT2D eigenvalue weighted by Crippen LogP contribution is -2.32. The molecule has 1 aliphatic heterocycles. The van der Waals surface area contributed by atoms with Crippen molar-refractivity contribution in [2.45, 2.75) is 25.4 Å². The zero-order valence-corrected chi connectivity index (χ0v) is 16.0. The average Bonchev–Trinajstić information content (AvgIpc) is 3.44. The third kappa shape index (κ3) is 3.81. The van der Waals surface area contributed by atoms with Crippen LogP contribution in [0, 0.1) is 5.92 Å². The van der Waals surface area contributed by atoms with Crippen LogP contribution in [0.15, 0.2) is 72.9 Å². The van der Waals surface area contributed by atoms with Gasteiger partial charge in [-0.05, 0) is 47.7 Å². The van der Waals surface area contributed by atoms with Gasteiger partial charge in [0.2, 0.25) is 12.7 Å². The van der Waals surface area contributed by atoms with E-state index in [1.807, 2.05) is 59.5 Å². The van der Waals surface area contributed by atoms with Gasteiger partial charge in [0.25, 0.3) is 0 Å². The van der Waals surface area contributed by atoms with Gasteiger partial charge in [-0.1, -0.05) is 42.5 Å². The van der Waals surface area contributed by atoms with E-state index in [4.69, 9.17) is 9.47 Å². The van der Waals surface area contributed by atoms with Gasteiger partial charge in [-0.2, -0.15) is 0 Å². The maximum Gasteiger partial charge on any atom is 0.231 e. The summed E-state index contributed by atoms with van der Waals surface area (Å²) < 4.78 is 10.9. The van der Waals surface area contributed by atoms with Crippen molar-refractivity contribution in [3.63, 3.8) is 0 Å². The molecule has 5 rings (SSSR count). The number of ether oxygens (including phenoxy) is 2. The maximum atomic E-state index is 13.4. The molecular weight excluding hydrogens is 364 g/mol. The molecule has 1 fully saturated rings. The van der Waals surface area contributed by atoms with E-state index in [0.29, 0.717) is 19.0 Å². The molecule has 0 unspecified atom stereocenters. The van der Waals surface area contributed by atoms with Gasteiger partial charge >= 0.3 is 0 Å². The molecule has 2 atom stereocenters. The van der Waals surface area contributed by atoms with Gasteiger partial charge in [0.05, 0.1) is 12.2 Å². The molecule has 0 N–H and O–H groups in total. The molecule has 29 heavy (non-hydrogen) atoms. The van der Waals surface area contributed by atoms with Gasteiger partial charge < -0.3 is 14.4 Å². The molecule has 2 aliphatic rings. The highest BCUT2D eigenvalue weighted by Gasteiger charge is 2.45. The van der Waals surface area contributed by atoms with Crippen LogP contribution in [-0.4, -0.2) is 22.6 Å². The van der Waals surface area contributed by atoms with Gasteiger partial charge in [0.15, 0.2) is 11.5 Å². The fraction of sp³-hybridized carbons (Fsp3) is 0.250. The zero-order chi connectivity index (χ0) is 19.6.